The number of hydrogen-bond acceptors (Lipinski definition) is 2. The lowest BCUT2D eigenvalue weighted by Crippen LogP contribution is -2.28. The average molecular weight is 218 g/mol. The molecular formula is C13H18N2O. The van der Waals surface area contributed by atoms with Crippen molar-refractivity contribution in [3.8, 4) is 0 Å². The minimum absolute atomic E-state index is 0.0977. The van der Waals surface area contributed by atoms with E-state index in [0.717, 1.165) is 5.69 Å². The lowest BCUT2D eigenvalue weighted by molar-refractivity contribution is -0.126. The summed E-state index contributed by atoms with van der Waals surface area (Å²) in [5, 5.41) is 3.16. The van der Waals surface area contributed by atoms with Gasteiger partial charge in [0.2, 0.25) is 5.91 Å². The fraction of sp³-hybridized carbons (Fsp3) is 0.462. The van der Waals surface area contributed by atoms with Crippen LogP contribution in [-0.2, 0) is 17.6 Å². The van der Waals surface area contributed by atoms with Gasteiger partial charge in [-0.3, -0.25) is 4.79 Å². The largest absolute Gasteiger partial charge is 0.376 e. The van der Waals surface area contributed by atoms with Gasteiger partial charge in [0, 0.05) is 19.8 Å². The molecular weight excluding hydrogens is 200 g/mol. The molecule has 0 aliphatic heterocycles. The molecule has 86 valence electrons. The van der Waals surface area contributed by atoms with Gasteiger partial charge in [0.05, 0.1) is 6.54 Å². The first-order valence-corrected chi connectivity index (χ1v) is 5.72. The molecule has 1 N–H and O–H groups in total. The SMILES string of the molecule is CN(C)C(=O)CNc1ccc2c(c1)CCC2. The van der Waals surface area contributed by atoms with Crippen LogP contribution in [0.15, 0.2) is 18.2 Å². The number of carbonyl (C=O) groups is 1. The summed E-state index contributed by atoms with van der Waals surface area (Å²) in [6.45, 7) is 0.367. The molecule has 16 heavy (non-hydrogen) atoms. The van der Waals surface area contributed by atoms with Crippen LogP contribution in [0.5, 0.6) is 0 Å². The number of carbonyl (C=O) groups excluding carboxylic acids is 1. The van der Waals surface area contributed by atoms with Gasteiger partial charge in [-0.25, -0.2) is 0 Å². The maximum Gasteiger partial charge on any atom is 0.241 e. The third kappa shape index (κ3) is 2.35. The van der Waals surface area contributed by atoms with Gasteiger partial charge < -0.3 is 10.2 Å². The monoisotopic (exact) mass is 218 g/mol. The van der Waals surface area contributed by atoms with E-state index < -0.39 is 0 Å². The number of amides is 1. The molecule has 1 aromatic carbocycles. The number of rotatable bonds is 3. The molecule has 1 aromatic rings. The van der Waals surface area contributed by atoms with Crippen molar-refractivity contribution < 1.29 is 4.79 Å². The van der Waals surface area contributed by atoms with Crippen LogP contribution >= 0.6 is 0 Å². The third-order valence-corrected chi connectivity index (χ3v) is 3.04. The number of nitrogens with zero attached hydrogens (tertiary/aromatic N) is 1. The Labute approximate surface area is 96.5 Å². The Morgan fingerprint density at radius 3 is 2.81 bits per heavy atom. The van der Waals surface area contributed by atoms with Crippen molar-refractivity contribution in [2.45, 2.75) is 19.3 Å². The van der Waals surface area contributed by atoms with E-state index in [1.807, 2.05) is 0 Å². The van der Waals surface area contributed by atoms with Gasteiger partial charge in [0.15, 0.2) is 0 Å². The standard InChI is InChI=1S/C13H18N2O/c1-15(2)13(16)9-14-12-7-6-10-4-3-5-11(10)8-12/h6-8,14H,3-5,9H2,1-2H3. The Balaban J connectivity index is 1.98. The van der Waals surface area contributed by atoms with Crippen LogP contribution in [0.1, 0.15) is 17.5 Å². The van der Waals surface area contributed by atoms with Crippen LogP contribution in [0.2, 0.25) is 0 Å². The molecule has 0 saturated carbocycles. The summed E-state index contributed by atoms with van der Waals surface area (Å²) in [4.78, 5) is 13.0. The maximum absolute atomic E-state index is 11.4. The van der Waals surface area contributed by atoms with E-state index in [1.54, 1.807) is 19.0 Å². The molecule has 0 unspecified atom stereocenters. The molecule has 1 aliphatic rings. The van der Waals surface area contributed by atoms with Gasteiger partial charge in [-0.1, -0.05) is 6.07 Å². The number of aryl methyl sites for hydroxylation is 2. The lowest BCUT2D eigenvalue weighted by Gasteiger charge is -2.12. The molecule has 0 atom stereocenters. The fourth-order valence-electron chi connectivity index (χ4n) is 2.02. The van der Waals surface area contributed by atoms with Crippen molar-refractivity contribution in [1.29, 1.82) is 0 Å². The highest BCUT2D eigenvalue weighted by Crippen LogP contribution is 2.24. The first kappa shape index (κ1) is 11.0. The summed E-state index contributed by atoms with van der Waals surface area (Å²) in [5.74, 6) is 0.0977. The van der Waals surface area contributed by atoms with E-state index in [2.05, 4.69) is 23.5 Å². The fourth-order valence-corrected chi connectivity index (χ4v) is 2.02. The summed E-state index contributed by atoms with van der Waals surface area (Å²) < 4.78 is 0. The highest BCUT2D eigenvalue weighted by molar-refractivity contribution is 5.80. The van der Waals surface area contributed by atoms with Gasteiger partial charge in [-0.15, -0.1) is 0 Å². The van der Waals surface area contributed by atoms with E-state index in [9.17, 15) is 4.79 Å². The Morgan fingerprint density at radius 1 is 1.31 bits per heavy atom. The third-order valence-electron chi connectivity index (χ3n) is 3.04. The second-order valence-electron chi connectivity index (χ2n) is 4.48. The van der Waals surface area contributed by atoms with Gasteiger partial charge in [0.25, 0.3) is 0 Å². The Morgan fingerprint density at radius 2 is 2.06 bits per heavy atom. The highest BCUT2D eigenvalue weighted by atomic mass is 16.2. The molecule has 0 aromatic heterocycles. The maximum atomic E-state index is 11.4. The zero-order valence-corrected chi connectivity index (χ0v) is 9.92. The van der Waals surface area contributed by atoms with Crippen LogP contribution in [0, 0.1) is 0 Å². The Bertz CT molecular complexity index is 399. The summed E-state index contributed by atoms with van der Waals surface area (Å²) >= 11 is 0. The van der Waals surface area contributed by atoms with Crippen LogP contribution < -0.4 is 5.32 Å². The summed E-state index contributed by atoms with van der Waals surface area (Å²) in [6.07, 6.45) is 3.63. The second-order valence-corrected chi connectivity index (χ2v) is 4.48. The van der Waals surface area contributed by atoms with E-state index >= 15 is 0 Å². The normalized spacial score (nSPS) is 13.4. The highest BCUT2D eigenvalue weighted by Gasteiger charge is 2.11. The predicted octanol–water partition coefficient (Wildman–Crippen LogP) is 1.68. The number of anilines is 1. The first-order chi connectivity index (χ1) is 7.66. The average Bonchev–Trinajstić information content (AvgIpc) is 2.72. The van der Waals surface area contributed by atoms with Crippen molar-refractivity contribution >= 4 is 11.6 Å². The molecule has 0 spiro atoms. The quantitative estimate of drug-likeness (QED) is 0.837. The molecule has 0 heterocycles. The van der Waals surface area contributed by atoms with Crippen molar-refractivity contribution in [2.75, 3.05) is 26.0 Å². The zero-order chi connectivity index (χ0) is 11.5. The van der Waals surface area contributed by atoms with E-state index in [0.29, 0.717) is 6.54 Å². The zero-order valence-electron chi connectivity index (χ0n) is 9.92. The smallest absolute Gasteiger partial charge is 0.241 e. The molecule has 0 saturated heterocycles. The lowest BCUT2D eigenvalue weighted by atomic mass is 10.1. The topological polar surface area (TPSA) is 32.3 Å². The van der Waals surface area contributed by atoms with Crippen LogP contribution in [-0.4, -0.2) is 31.4 Å². The van der Waals surface area contributed by atoms with Crippen LogP contribution in [0.4, 0.5) is 5.69 Å². The number of hydrogen-bond donors (Lipinski definition) is 1. The van der Waals surface area contributed by atoms with Crippen LogP contribution in [0.25, 0.3) is 0 Å². The molecule has 2 rings (SSSR count). The summed E-state index contributed by atoms with van der Waals surface area (Å²) in [7, 11) is 3.54. The first-order valence-electron chi connectivity index (χ1n) is 5.72. The minimum Gasteiger partial charge on any atom is -0.376 e. The molecule has 3 nitrogen and oxygen atoms in total. The molecule has 1 aliphatic carbocycles. The van der Waals surface area contributed by atoms with E-state index in [1.165, 1.54) is 30.4 Å². The van der Waals surface area contributed by atoms with Crippen molar-refractivity contribution in [3.63, 3.8) is 0 Å². The van der Waals surface area contributed by atoms with Gasteiger partial charge in [-0.2, -0.15) is 0 Å². The summed E-state index contributed by atoms with van der Waals surface area (Å²) in [6, 6.07) is 6.41. The molecule has 3 heteroatoms. The number of fused-ring (bicyclic) bond motifs is 1. The molecule has 0 bridgehead atoms. The predicted molar refractivity (Wildman–Crippen MR) is 65.7 cm³/mol. The van der Waals surface area contributed by atoms with Gasteiger partial charge >= 0.3 is 0 Å². The number of benzene rings is 1. The molecule has 0 radical (unpaired) electrons. The number of nitrogens with one attached hydrogen (secondary N) is 1. The van der Waals surface area contributed by atoms with E-state index in [-0.39, 0.29) is 5.91 Å². The van der Waals surface area contributed by atoms with Gasteiger partial charge in [0.1, 0.15) is 0 Å². The van der Waals surface area contributed by atoms with Crippen LogP contribution in [0.3, 0.4) is 0 Å². The van der Waals surface area contributed by atoms with Gasteiger partial charge in [-0.05, 0) is 42.5 Å². The Hall–Kier alpha value is -1.51. The Kier molecular flexibility index (Phi) is 3.13. The minimum atomic E-state index is 0.0977. The summed E-state index contributed by atoms with van der Waals surface area (Å²) in [5.41, 5.74) is 3.95. The number of likely N-dealkylation sites (N-methyl/N-ethyl adjacent to an activating group) is 1. The molecule has 0 fully saturated rings. The molecule has 1 amide bonds. The second kappa shape index (κ2) is 4.56. The van der Waals surface area contributed by atoms with Crippen molar-refractivity contribution in [1.82, 2.24) is 4.90 Å². The van der Waals surface area contributed by atoms with Crippen molar-refractivity contribution in [2.24, 2.45) is 0 Å². The van der Waals surface area contributed by atoms with Crippen molar-refractivity contribution in [3.05, 3.63) is 29.3 Å². The van der Waals surface area contributed by atoms with E-state index in [4.69, 9.17) is 0 Å².